The molecule has 0 bridgehead atoms. The summed E-state index contributed by atoms with van der Waals surface area (Å²) in [5, 5.41) is 0. The second-order valence-corrected chi connectivity index (χ2v) is 3.50. The Kier molecular flexibility index (Phi) is 7.14. The van der Waals surface area contributed by atoms with Gasteiger partial charge in [-0.3, -0.25) is 0 Å². The molecule has 0 aromatic carbocycles. The Balaban J connectivity index is 0.00000169. The molecule has 1 fully saturated rings. The van der Waals surface area contributed by atoms with Gasteiger partial charge in [-0.2, -0.15) is 26.2 Å². The minimum absolute atomic E-state index is 0. The van der Waals surface area contributed by atoms with Gasteiger partial charge in [-0.15, -0.1) is 5.92 Å². The SMILES string of the molecule is C[C-](OCC(F)(F)F)C1CCCC1.[Pm]. The molecular weight excluding hydrogens is 326 g/mol. The Morgan fingerprint density at radius 3 is 2.21 bits per heavy atom. The predicted molar refractivity (Wildman–Crippen MR) is 42.9 cm³/mol. The van der Waals surface area contributed by atoms with Crippen LogP contribution in [-0.4, -0.2) is 12.8 Å². The minimum atomic E-state index is -4.21. The average Bonchev–Trinajstić information content (AvgIpc) is 2.50. The van der Waals surface area contributed by atoms with Crippen LogP contribution in [0, 0.1) is 52.4 Å². The summed E-state index contributed by atoms with van der Waals surface area (Å²) < 4.78 is 40.0. The van der Waals surface area contributed by atoms with Gasteiger partial charge in [0.15, 0.2) is 0 Å². The zero-order chi connectivity index (χ0) is 9.90. The fourth-order valence-electron chi connectivity index (χ4n) is 1.65. The van der Waals surface area contributed by atoms with Crippen molar-refractivity contribution in [3.63, 3.8) is 0 Å². The predicted octanol–water partition coefficient (Wildman–Crippen LogP) is 3.31. The molecule has 1 aliphatic carbocycles. The summed E-state index contributed by atoms with van der Waals surface area (Å²) in [4.78, 5) is 0. The molecule has 0 amide bonds. The number of alkyl halides is 3. The van der Waals surface area contributed by atoms with Gasteiger partial charge in [-0.05, 0) is 0 Å². The first-order valence-corrected chi connectivity index (χ1v) is 4.52. The Bertz CT molecular complexity index is 155. The summed E-state index contributed by atoms with van der Waals surface area (Å²) >= 11 is 0. The minimum Gasteiger partial charge on any atom is -0.542 e. The van der Waals surface area contributed by atoms with Crippen LogP contribution in [0.25, 0.3) is 0 Å². The number of rotatable bonds is 3. The van der Waals surface area contributed by atoms with Gasteiger partial charge in [-0.1, -0.05) is 25.7 Å². The van der Waals surface area contributed by atoms with Gasteiger partial charge >= 0.3 is 6.18 Å². The van der Waals surface area contributed by atoms with E-state index in [1.165, 1.54) is 0 Å². The van der Waals surface area contributed by atoms with Crippen LogP contribution in [0.5, 0.6) is 0 Å². The van der Waals surface area contributed by atoms with E-state index >= 15 is 0 Å². The van der Waals surface area contributed by atoms with E-state index in [1.807, 2.05) is 0 Å². The maximum Gasteiger partial charge on any atom is 0.408 e. The molecule has 1 radical (unpaired) electrons. The first-order valence-electron chi connectivity index (χ1n) is 4.52. The third-order valence-corrected chi connectivity index (χ3v) is 2.39. The normalized spacial score (nSPS) is 18.6. The van der Waals surface area contributed by atoms with Crippen LogP contribution in [0.4, 0.5) is 13.2 Å². The van der Waals surface area contributed by atoms with E-state index in [2.05, 4.69) is 4.74 Å². The second-order valence-electron chi connectivity index (χ2n) is 3.50. The molecule has 1 nitrogen and oxygen atoms in total. The number of ether oxygens (including phenoxy) is 1. The van der Waals surface area contributed by atoms with E-state index in [1.54, 1.807) is 6.92 Å². The fraction of sp³-hybridized carbons (Fsp3) is 0.889. The molecule has 14 heavy (non-hydrogen) atoms. The van der Waals surface area contributed by atoms with Crippen LogP contribution < -0.4 is 0 Å². The van der Waals surface area contributed by atoms with Gasteiger partial charge in [0.25, 0.3) is 0 Å². The van der Waals surface area contributed by atoms with E-state index < -0.39 is 12.8 Å². The van der Waals surface area contributed by atoms with Crippen LogP contribution >= 0.6 is 0 Å². The maximum atomic E-state index is 11.8. The first-order chi connectivity index (χ1) is 5.99. The van der Waals surface area contributed by atoms with Crippen molar-refractivity contribution in [2.45, 2.75) is 38.8 Å². The molecule has 1 rings (SSSR count). The number of halogens is 3. The summed E-state index contributed by atoms with van der Waals surface area (Å²) in [6.45, 7) is 0.511. The van der Waals surface area contributed by atoms with Crippen molar-refractivity contribution in [1.82, 2.24) is 0 Å². The van der Waals surface area contributed by atoms with Gasteiger partial charge in [0, 0.05) is 40.4 Å². The zero-order valence-corrected chi connectivity index (χ0v) is 11.0. The van der Waals surface area contributed by atoms with E-state index in [4.69, 9.17) is 0 Å². The van der Waals surface area contributed by atoms with Crippen molar-refractivity contribution in [2.24, 2.45) is 5.92 Å². The third kappa shape index (κ3) is 5.84. The van der Waals surface area contributed by atoms with Crippen molar-refractivity contribution in [3.05, 3.63) is 6.10 Å². The standard InChI is InChI=1S/C9H14F3O.Pm/c1-7(8-4-2-3-5-8)13-6-9(10,11)12;/h8H,2-6H2,1H3;/q-1;. The van der Waals surface area contributed by atoms with Gasteiger partial charge in [-0.25, -0.2) is 0 Å². The largest absolute Gasteiger partial charge is 0.542 e. The summed E-state index contributed by atoms with van der Waals surface area (Å²) in [5.41, 5.74) is 0. The van der Waals surface area contributed by atoms with Crippen molar-refractivity contribution in [2.75, 3.05) is 6.61 Å². The number of hydrogen-bond acceptors (Lipinski definition) is 1. The average molecular weight is 340 g/mol. The fourth-order valence-corrected chi connectivity index (χ4v) is 1.65. The topological polar surface area (TPSA) is 9.23 Å². The monoisotopic (exact) mass is 340 g/mol. The molecule has 0 spiro atoms. The van der Waals surface area contributed by atoms with Crippen LogP contribution in [0.2, 0.25) is 0 Å². The van der Waals surface area contributed by atoms with Crippen LogP contribution in [0.3, 0.4) is 0 Å². The molecule has 0 atom stereocenters. The maximum absolute atomic E-state index is 11.8. The van der Waals surface area contributed by atoms with Crippen molar-refractivity contribution < 1.29 is 58.3 Å². The van der Waals surface area contributed by atoms with E-state index in [-0.39, 0.29) is 46.3 Å². The number of hydrogen-bond donors (Lipinski definition) is 0. The third-order valence-electron chi connectivity index (χ3n) is 2.39. The van der Waals surface area contributed by atoms with Crippen LogP contribution in [0.15, 0.2) is 0 Å². The molecular formula is C9H14F3OPm-. The molecule has 1 aliphatic rings. The van der Waals surface area contributed by atoms with Crippen LogP contribution in [0.1, 0.15) is 32.6 Å². The molecule has 0 aromatic heterocycles. The molecule has 0 heterocycles. The molecule has 83 valence electrons. The molecule has 0 aliphatic heterocycles. The smallest absolute Gasteiger partial charge is 0.408 e. The Labute approximate surface area is 115 Å². The second kappa shape index (κ2) is 6.62. The Morgan fingerprint density at radius 1 is 1.29 bits per heavy atom. The van der Waals surface area contributed by atoms with Crippen molar-refractivity contribution in [3.8, 4) is 0 Å². The van der Waals surface area contributed by atoms with Crippen molar-refractivity contribution >= 4 is 0 Å². The van der Waals surface area contributed by atoms with Crippen LogP contribution in [-0.2, 0) is 4.74 Å². The Morgan fingerprint density at radius 2 is 1.79 bits per heavy atom. The molecule has 5 heteroatoms. The molecule has 1 saturated carbocycles. The van der Waals surface area contributed by atoms with E-state index in [0.29, 0.717) is 6.10 Å². The van der Waals surface area contributed by atoms with Gasteiger partial charge in [0.1, 0.15) is 6.61 Å². The van der Waals surface area contributed by atoms with Gasteiger partial charge in [0.2, 0.25) is 0 Å². The first kappa shape index (κ1) is 15.1. The zero-order valence-electron chi connectivity index (χ0n) is 8.10. The molecule has 0 N–H and O–H groups in total. The Hall–Kier alpha value is 1.09. The summed E-state index contributed by atoms with van der Waals surface area (Å²) in [6, 6.07) is 0. The summed E-state index contributed by atoms with van der Waals surface area (Å²) in [7, 11) is 0. The summed E-state index contributed by atoms with van der Waals surface area (Å²) in [5.74, 6) is 0.252. The van der Waals surface area contributed by atoms with E-state index in [9.17, 15) is 13.2 Å². The van der Waals surface area contributed by atoms with Gasteiger partial charge < -0.3 is 4.74 Å². The molecule has 0 unspecified atom stereocenters. The van der Waals surface area contributed by atoms with E-state index in [0.717, 1.165) is 25.7 Å². The van der Waals surface area contributed by atoms with Crippen molar-refractivity contribution in [1.29, 1.82) is 0 Å². The van der Waals surface area contributed by atoms with Gasteiger partial charge in [0.05, 0.1) is 0 Å². The summed E-state index contributed by atoms with van der Waals surface area (Å²) in [6.07, 6.45) is 0.511. The molecule has 0 saturated heterocycles. The molecule has 0 aromatic rings. The quantitative estimate of drug-likeness (QED) is 0.717.